The van der Waals surface area contributed by atoms with Gasteiger partial charge >= 0.3 is 24.7 Å². The molecule has 0 N–H and O–H groups in total. The normalized spacial score (nSPS) is 12.7. The summed E-state index contributed by atoms with van der Waals surface area (Å²) in [6.45, 7) is 0. The number of pyridine rings is 1. The SMILES string of the molecule is FC(F)(F)c1ccc2c(c1)c1cc(C(F)(F)F)ccc1n2-c1ccc(-c2nc(-c3ccccc3)nc(-c3ccccc3)n2)cc1-c1ccncc1-n1c2ccc(C(F)(F)F)cc2c2cc(C(F)(F)F)ccc21. The summed E-state index contributed by atoms with van der Waals surface area (Å²) in [6, 6.07) is 35.1. The Hall–Kier alpha value is -8.54. The summed E-state index contributed by atoms with van der Waals surface area (Å²) < 4.78 is 174. The lowest BCUT2D eigenvalue weighted by molar-refractivity contribution is -0.138. The van der Waals surface area contributed by atoms with Gasteiger partial charge in [-0.05, 0) is 97.1 Å². The average Bonchev–Trinajstić information content (AvgIpc) is 3.87. The fourth-order valence-electron chi connectivity index (χ4n) is 9.09. The highest BCUT2D eigenvalue weighted by Gasteiger charge is 2.36. The third-order valence-electron chi connectivity index (χ3n) is 12.4. The first-order valence-electron chi connectivity index (χ1n) is 21.6. The molecule has 0 fully saturated rings. The van der Waals surface area contributed by atoms with E-state index in [-0.39, 0.29) is 83.6 Å². The van der Waals surface area contributed by atoms with Crippen LogP contribution in [0.5, 0.6) is 0 Å². The highest BCUT2D eigenvalue weighted by molar-refractivity contribution is 6.12. The number of hydrogen-bond acceptors (Lipinski definition) is 4. The molecule has 72 heavy (non-hydrogen) atoms. The van der Waals surface area contributed by atoms with Crippen LogP contribution >= 0.6 is 0 Å². The van der Waals surface area contributed by atoms with Crippen molar-refractivity contribution >= 4 is 43.6 Å². The molecule has 0 bridgehead atoms. The van der Waals surface area contributed by atoms with Gasteiger partial charge in [-0.1, -0.05) is 60.7 Å². The summed E-state index contributed by atoms with van der Waals surface area (Å²) in [5.74, 6) is 0.689. The lowest BCUT2D eigenvalue weighted by Crippen LogP contribution is -2.06. The highest BCUT2D eigenvalue weighted by Crippen LogP contribution is 2.46. The zero-order valence-electron chi connectivity index (χ0n) is 36.4. The maximum absolute atomic E-state index is 14.3. The van der Waals surface area contributed by atoms with Gasteiger partial charge < -0.3 is 9.13 Å². The third-order valence-corrected chi connectivity index (χ3v) is 12.4. The molecular weight excluding hydrogens is 961 g/mol. The second-order valence-corrected chi connectivity index (χ2v) is 16.8. The molecule has 0 aliphatic heterocycles. The van der Waals surface area contributed by atoms with Crippen molar-refractivity contribution in [2.24, 2.45) is 0 Å². The van der Waals surface area contributed by atoms with E-state index in [4.69, 9.17) is 15.0 Å². The average molecular weight is 989 g/mol. The van der Waals surface area contributed by atoms with Crippen molar-refractivity contribution < 1.29 is 52.7 Å². The minimum absolute atomic E-state index is 0.0537. The van der Waals surface area contributed by atoms with Crippen LogP contribution in [0.15, 0.2) is 170 Å². The van der Waals surface area contributed by atoms with Crippen molar-refractivity contribution in [1.29, 1.82) is 0 Å². The first-order chi connectivity index (χ1) is 34.2. The van der Waals surface area contributed by atoms with Crippen molar-refractivity contribution in [3.63, 3.8) is 0 Å². The molecule has 0 atom stereocenters. The number of benzene rings is 7. The minimum atomic E-state index is -4.88. The topological polar surface area (TPSA) is 61.4 Å². The third kappa shape index (κ3) is 8.01. The van der Waals surface area contributed by atoms with Crippen molar-refractivity contribution in [3.8, 4) is 56.7 Å². The van der Waals surface area contributed by atoms with Gasteiger partial charge in [0.25, 0.3) is 0 Å². The molecular formula is C54H28F12N6. The van der Waals surface area contributed by atoms with Crippen molar-refractivity contribution in [2.75, 3.05) is 0 Å². The highest BCUT2D eigenvalue weighted by atomic mass is 19.4. The Bertz CT molecular complexity index is 3730. The molecule has 358 valence electrons. The molecule has 11 rings (SSSR count). The molecule has 0 saturated carbocycles. The molecule has 0 aliphatic rings. The number of nitrogens with zero attached hydrogens (tertiary/aromatic N) is 6. The lowest BCUT2D eigenvalue weighted by atomic mass is 9.99. The first kappa shape index (κ1) is 45.9. The Labute approximate surface area is 398 Å². The van der Waals surface area contributed by atoms with Crippen molar-refractivity contribution in [3.05, 3.63) is 192 Å². The van der Waals surface area contributed by atoms with Gasteiger partial charge in [0.05, 0.1) is 61.9 Å². The number of hydrogen-bond donors (Lipinski definition) is 0. The van der Waals surface area contributed by atoms with E-state index in [1.807, 2.05) is 12.1 Å². The molecule has 0 unspecified atom stereocenters. The van der Waals surface area contributed by atoms with Gasteiger partial charge in [-0.25, -0.2) is 15.0 Å². The van der Waals surface area contributed by atoms with Crippen LogP contribution in [-0.2, 0) is 24.7 Å². The Morgan fingerprint density at radius 3 is 1.06 bits per heavy atom. The molecule has 6 nitrogen and oxygen atoms in total. The Balaban J connectivity index is 1.24. The van der Waals surface area contributed by atoms with E-state index in [0.717, 1.165) is 72.8 Å². The fraction of sp³-hybridized carbons (Fsp3) is 0.0741. The molecule has 7 aromatic carbocycles. The predicted molar refractivity (Wildman–Crippen MR) is 248 cm³/mol. The Morgan fingerprint density at radius 2 is 0.681 bits per heavy atom. The van der Waals surface area contributed by atoms with Crippen LogP contribution in [0.2, 0.25) is 0 Å². The predicted octanol–water partition coefficient (Wildman–Crippen LogP) is 16.2. The number of rotatable bonds is 6. The van der Waals surface area contributed by atoms with Gasteiger partial charge in [0.15, 0.2) is 17.5 Å². The summed E-state index contributed by atoms with van der Waals surface area (Å²) in [7, 11) is 0. The first-order valence-corrected chi connectivity index (χ1v) is 21.6. The van der Waals surface area contributed by atoms with E-state index in [2.05, 4.69) is 4.98 Å². The maximum atomic E-state index is 14.3. The molecule has 0 saturated heterocycles. The van der Waals surface area contributed by atoms with E-state index >= 15 is 0 Å². The standard InChI is InChI=1S/C54H28F12N6/c55-51(56,57)32-12-17-43-38(24-32)39-25-33(52(58,59)60)13-18-44(39)71(43)42-16-11-31(50-69-48(29-7-3-1-4-8-29)68-49(70-50)30-9-5-2-6-10-30)23-37(42)36-21-22-67-28-47(36)72-45-19-14-34(53(61,62)63)26-40(45)41-27-35(54(64,65)66)15-20-46(41)72/h1-28H. The number of halogens is 12. The largest absolute Gasteiger partial charge is 0.416 e. The van der Waals surface area contributed by atoms with E-state index in [1.165, 1.54) is 27.6 Å². The van der Waals surface area contributed by atoms with Gasteiger partial charge in [0.2, 0.25) is 0 Å². The van der Waals surface area contributed by atoms with Crippen LogP contribution in [-0.4, -0.2) is 29.1 Å². The summed E-state index contributed by atoms with van der Waals surface area (Å²) in [4.78, 5) is 18.8. The second-order valence-electron chi connectivity index (χ2n) is 16.8. The van der Waals surface area contributed by atoms with E-state index in [9.17, 15) is 52.7 Å². The lowest BCUT2D eigenvalue weighted by Gasteiger charge is -2.19. The van der Waals surface area contributed by atoms with Crippen LogP contribution in [0.25, 0.3) is 100 Å². The molecule has 11 aromatic rings. The molecule has 0 spiro atoms. The van der Waals surface area contributed by atoms with Crippen LogP contribution in [0.1, 0.15) is 22.3 Å². The van der Waals surface area contributed by atoms with Gasteiger partial charge in [0.1, 0.15) is 0 Å². The van der Waals surface area contributed by atoms with E-state index < -0.39 is 47.0 Å². The zero-order chi connectivity index (χ0) is 50.5. The maximum Gasteiger partial charge on any atom is 0.416 e. The monoisotopic (exact) mass is 988 g/mol. The molecule has 4 aromatic heterocycles. The summed E-state index contributed by atoms with van der Waals surface area (Å²) in [5, 5.41) is -0.691. The zero-order valence-corrected chi connectivity index (χ0v) is 36.4. The van der Waals surface area contributed by atoms with E-state index in [0.29, 0.717) is 16.7 Å². The van der Waals surface area contributed by atoms with Gasteiger partial charge in [-0.3, -0.25) is 4.98 Å². The second kappa shape index (κ2) is 16.5. The smallest absolute Gasteiger partial charge is 0.309 e. The van der Waals surface area contributed by atoms with Crippen LogP contribution in [0.4, 0.5) is 52.7 Å². The Kier molecular flexibility index (Phi) is 10.5. The van der Waals surface area contributed by atoms with Crippen LogP contribution in [0, 0.1) is 0 Å². The van der Waals surface area contributed by atoms with Crippen molar-refractivity contribution in [1.82, 2.24) is 29.1 Å². The molecule has 4 heterocycles. The van der Waals surface area contributed by atoms with Gasteiger partial charge in [-0.15, -0.1) is 0 Å². The molecule has 0 amide bonds. The molecule has 0 radical (unpaired) electrons. The van der Waals surface area contributed by atoms with Gasteiger partial charge in [0, 0.05) is 55.6 Å². The number of aromatic nitrogens is 6. The Morgan fingerprint density at radius 1 is 0.319 bits per heavy atom. The minimum Gasteiger partial charge on any atom is -0.309 e. The van der Waals surface area contributed by atoms with Gasteiger partial charge in [-0.2, -0.15) is 52.7 Å². The summed E-state index contributed by atoms with van der Waals surface area (Å²) >= 11 is 0. The van der Waals surface area contributed by atoms with Crippen LogP contribution in [0.3, 0.4) is 0 Å². The fourth-order valence-corrected chi connectivity index (χ4v) is 9.09. The summed E-state index contributed by atoms with van der Waals surface area (Å²) in [5.41, 5.74) is -1.89. The van der Waals surface area contributed by atoms with E-state index in [1.54, 1.807) is 66.7 Å². The summed E-state index contributed by atoms with van der Waals surface area (Å²) in [6.07, 6.45) is -16.8. The number of alkyl halides is 12. The van der Waals surface area contributed by atoms with Crippen LogP contribution < -0.4 is 0 Å². The molecule has 0 aliphatic carbocycles. The molecule has 18 heteroatoms. The number of fused-ring (bicyclic) bond motifs is 6. The van der Waals surface area contributed by atoms with Crippen molar-refractivity contribution in [2.45, 2.75) is 24.7 Å². The quantitative estimate of drug-likeness (QED) is 0.156.